The summed E-state index contributed by atoms with van der Waals surface area (Å²) in [6.07, 6.45) is 0.262. The van der Waals surface area contributed by atoms with Crippen molar-refractivity contribution in [1.29, 1.82) is 0 Å². The second kappa shape index (κ2) is 12.3. The van der Waals surface area contributed by atoms with Crippen LogP contribution in [0.4, 0.5) is 13.2 Å². The Morgan fingerprint density at radius 3 is 2.39 bits per heavy atom. The number of carbonyl (C=O) groups is 1. The summed E-state index contributed by atoms with van der Waals surface area (Å²) < 4.78 is 46.2. The molecule has 0 saturated carbocycles. The number of benzene rings is 2. The molecule has 1 fully saturated rings. The maximum absolute atomic E-state index is 13.1. The zero-order chi connectivity index (χ0) is 27.1. The highest BCUT2D eigenvalue weighted by Gasteiger charge is 2.33. The second-order valence-electron chi connectivity index (χ2n) is 9.69. The monoisotopic (exact) mass is 527 g/mol. The highest BCUT2D eigenvalue weighted by Crippen LogP contribution is 2.37. The lowest BCUT2D eigenvalue weighted by Crippen LogP contribution is -2.43. The maximum atomic E-state index is 13.1. The van der Waals surface area contributed by atoms with Crippen LogP contribution in [0.3, 0.4) is 0 Å². The van der Waals surface area contributed by atoms with Crippen molar-refractivity contribution in [2.24, 2.45) is 5.92 Å². The normalized spacial score (nSPS) is 16.5. The van der Waals surface area contributed by atoms with E-state index >= 15 is 0 Å². The van der Waals surface area contributed by atoms with Crippen LogP contribution >= 0.6 is 0 Å². The van der Waals surface area contributed by atoms with Crippen molar-refractivity contribution in [1.82, 2.24) is 10.2 Å². The first-order valence-corrected chi connectivity index (χ1v) is 12.8. The number of carbonyl (C=O) groups excluding carboxylic acids is 1. The Labute approximate surface area is 220 Å². The molecule has 1 aliphatic rings. The molecule has 2 aromatic carbocycles. The fourth-order valence-corrected chi connectivity index (χ4v) is 4.88. The topological polar surface area (TPSA) is 68.5 Å². The summed E-state index contributed by atoms with van der Waals surface area (Å²) in [4.78, 5) is 14.6. The van der Waals surface area contributed by atoms with Crippen LogP contribution < -0.4 is 14.8 Å². The first-order chi connectivity index (χ1) is 18.2. The van der Waals surface area contributed by atoms with Crippen LogP contribution in [0.5, 0.6) is 5.75 Å². The molecule has 0 bridgehead atoms. The van der Waals surface area contributed by atoms with Gasteiger partial charge in [-0.05, 0) is 75.2 Å². The number of pyridine rings is 1. The van der Waals surface area contributed by atoms with E-state index in [1.807, 2.05) is 30.3 Å². The van der Waals surface area contributed by atoms with Crippen molar-refractivity contribution in [3.63, 3.8) is 0 Å². The molecule has 1 aromatic heterocycles. The molecule has 202 valence electrons. The summed E-state index contributed by atoms with van der Waals surface area (Å²) in [7, 11) is 0. The standard InChI is InChI=1S/C29H32F3N3O3/c1-21(13-16-33-28(36)24-6-5-17-35(37)20-24)34-18-14-23(15-19-34)27(38-26-7-3-2-4-8-26)22-9-11-25(12-10-22)29(30,31)32/h2-12,17,20-21,23,27H,13-16,18-19H2,1H3,(H,33,36). The van der Waals surface area contributed by atoms with E-state index in [-0.39, 0.29) is 24.0 Å². The van der Waals surface area contributed by atoms with E-state index in [0.717, 1.165) is 50.0 Å². The first kappa shape index (κ1) is 27.4. The summed E-state index contributed by atoms with van der Waals surface area (Å²) in [5.74, 6) is 0.551. The minimum absolute atomic E-state index is 0.145. The molecule has 1 N–H and O–H groups in total. The summed E-state index contributed by atoms with van der Waals surface area (Å²) in [5, 5.41) is 14.3. The van der Waals surface area contributed by atoms with E-state index in [9.17, 15) is 23.2 Å². The van der Waals surface area contributed by atoms with Gasteiger partial charge < -0.3 is 20.2 Å². The third kappa shape index (κ3) is 7.25. The zero-order valence-corrected chi connectivity index (χ0v) is 21.2. The summed E-state index contributed by atoms with van der Waals surface area (Å²) >= 11 is 0. The van der Waals surface area contributed by atoms with Crippen LogP contribution in [-0.2, 0) is 6.18 Å². The number of piperidine rings is 1. The fraction of sp³-hybridized carbons (Fsp3) is 0.379. The SMILES string of the molecule is CC(CCNC(=O)c1ccc[n+]([O-])c1)N1CCC(C(Oc2ccccc2)c2ccc(C(F)(F)F)cc2)CC1. The Morgan fingerprint density at radius 1 is 1.08 bits per heavy atom. The fourth-order valence-electron chi connectivity index (χ4n) is 4.88. The number of aromatic nitrogens is 1. The molecule has 6 nitrogen and oxygen atoms in total. The van der Waals surface area contributed by atoms with Crippen molar-refractivity contribution in [3.8, 4) is 5.75 Å². The molecule has 0 spiro atoms. The Bertz CT molecular complexity index is 1180. The minimum Gasteiger partial charge on any atom is -0.619 e. The number of halogens is 3. The van der Waals surface area contributed by atoms with Gasteiger partial charge in [0.15, 0.2) is 12.4 Å². The van der Waals surface area contributed by atoms with E-state index in [1.54, 1.807) is 6.07 Å². The van der Waals surface area contributed by atoms with E-state index in [0.29, 0.717) is 22.6 Å². The van der Waals surface area contributed by atoms with Crippen molar-refractivity contribution in [3.05, 3.63) is 101 Å². The summed E-state index contributed by atoms with van der Waals surface area (Å²) in [6.45, 7) is 4.25. The number of likely N-dealkylation sites (tertiary alicyclic amines) is 1. The Morgan fingerprint density at radius 2 is 1.76 bits per heavy atom. The molecule has 1 aliphatic heterocycles. The van der Waals surface area contributed by atoms with Gasteiger partial charge in [-0.1, -0.05) is 30.3 Å². The summed E-state index contributed by atoms with van der Waals surface area (Å²) in [5.41, 5.74) is 0.384. The number of para-hydroxylation sites is 1. The van der Waals surface area contributed by atoms with Crippen LogP contribution in [0.25, 0.3) is 0 Å². The van der Waals surface area contributed by atoms with Crippen LogP contribution in [0.2, 0.25) is 0 Å². The van der Waals surface area contributed by atoms with Crippen LogP contribution in [0.1, 0.15) is 53.8 Å². The Hall–Kier alpha value is -3.59. The molecule has 2 atom stereocenters. The Kier molecular flexibility index (Phi) is 8.89. The van der Waals surface area contributed by atoms with E-state index in [2.05, 4.69) is 17.1 Å². The van der Waals surface area contributed by atoms with Gasteiger partial charge in [-0.15, -0.1) is 0 Å². The lowest BCUT2D eigenvalue weighted by Gasteiger charge is -2.39. The molecule has 3 aromatic rings. The van der Waals surface area contributed by atoms with Gasteiger partial charge in [0.25, 0.3) is 5.91 Å². The van der Waals surface area contributed by atoms with Gasteiger partial charge in [0.2, 0.25) is 0 Å². The highest BCUT2D eigenvalue weighted by atomic mass is 19.4. The minimum atomic E-state index is -4.38. The van der Waals surface area contributed by atoms with Gasteiger partial charge in [0.05, 0.1) is 5.56 Å². The molecule has 4 rings (SSSR count). The zero-order valence-electron chi connectivity index (χ0n) is 21.2. The lowest BCUT2D eigenvalue weighted by atomic mass is 9.86. The van der Waals surface area contributed by atoms with E-state index in [1.165, 1.54) is 30.6 Å². The predicted octanol–water partition coefficient (Wildman–Crippen LogP) is 5.38. The molecular weight excluding hydrogens is 495 g/mol. The number of nitrogens with one attached hydrogen (secondary N) is 1. The Balaban J connectivity index is 1.34. The molecule has 0 aliphatic carbocycles. The quantitative estimate of drug-likeness (QED) is 0.300. The molecule has 2 unspecified atom stereocenters. The maximum Gasteiger partial charge on any atom is 0.416 e. The van der Waals surface area contributed by atoms with Gasteiger partial charge in [-0.3, -0.25) is 4.79 Å². The van der Waals surface area contributed by atoms with Crippen molar-refractivity contribution in [2.45, 2.75) is 44.5 Å². The number of hydrogen-bond acceptors (Lipinski definition) is 4. The highest BCUT2D eigenvalue weighted by molar-refractivity contribution is 5.93. The molecule has 2 heterocycles. The molecule has 38 heavy (non-hydrogen) atoms. The van der Waals surface area contributed by atoms with Gasteiger partial charge in [0.1, 0.15) is 17.4 Å². The van der Waals surface area contributed by atoms with Crippen LogP contribution in [0, 0.1) is 11.1 Å². The van der Waals surface area contributed by atoms with Crippen molar-refractivity contribution < 1.29 is 27.4 Å². The predicted molar refractivity (Wildman–Crippen MR) is 137 cm³/mol. The molecule has 9 heteroatoms. The molecule has 0 radical (unpaired) electrons. The number of alkyl halides is 3. The lowest BCUT2D eigenvalue weighted by molar-refractivity contribution is -0.605. The number of ether oxygens (including phenoxy) is 1. The first-order valence-electron chi connectivity index (χ1n) is 12.8. The number of rotatable bonds is 9. The largest absolute Gasteiger partial charge is 0.619 e. The smallest absolute Gasteiger partial charge is 0.416 e. The molecule has 1 amide bonds. The van der Waals surface area contributed by atoms with Gasteiger partial charge in [-0.2, -0.15) is 17.9 Å². The number of amides is 1. The molecular formula is C29H32F3N3O3. The number of hydrogen-bond donors (Lipinski definition) is 1. The van der Waals surface area contributed by atoms with Gasteiger partial charge in [-0.25, -0.2) is 0 Å². The van der Waals surface area contributed by atoms with Crippen LogP contribution in [0.15, 0.2) is 79.1 Å². The average Bonchev–Trinajstić information content (AvgIpc) is 2.92. The van der Waals surface area contributed by atoms with Crippen molar-refractivity contribution in [2.75, 3.05) is 19.6 Å². The van der Waals surface area contributed by atoms with E-state index < -0.39 is 11.7 Å². The number of nitrogens with zero attached hydrogens (tertiary/aromatic N) is 2. The average molecular weight is 528 g/mol. The van der Waals surface area contributed by atoms with Crippen molar-refractivity contribution >= 4 is 5.91 Å². The van der Waals surface area contributed by atoms with Crippen LogP contribution in [-0.4, -0.2) is 36.5 Å². The summed E-state index contributed by atoms with van der Waals surface area (Å²) in [6, 6.07) is 18.0. The van der Waals surface area contributed by atoms with E-state index in [4.69, 9.17) is 4.74 Å². The van der Waals surface area contributed by atoms with Gasteiger partial charge >= 0.3 is 6.18 Å². The third-order valence-corrected chi connectivity index (χ3v) is 7.08. The third-order valence-electron chi connectivity index (χ3n) is 7.08. The van der Waals surface area contributed by atoms with Gasteiger partial charge in [0, 0.05) is 24.6 Å². The second-order valence-corrected chi connectivity index (χ2v) is 9.69. The molecule has 1 saturated heterocycles.